The van der Waals surface area contributed by atoms with Gasteiger partial charge in [-0.3, -0.25) is 4.79 Å². The topological polar surface area (TPSA) is 26.3 Å². The van der Waals surface area contributed by atoms with Gasteiger partial charge in [0.15, 0.2) is 0 Å². The van der Waals surface area contributed by atoms with Crippen LogP contribution in [0.4, 0.5) is 0 Å². The second kappa shape index (κ2) is 6.14. The summed E-state index contributed by atoms with van der Waals surface area (Å²) in [4.78, 5) is 12.4. The molecule has 98 valence electrons. The van der Waals surface area contributed by atoms with E-state index >= 15 is 0 Å². The molecule has 0 radical (unpaired) electrons. The van der Waals surface area contributed by atoms with Crippen LogP contribution in [0.5, 0.6) is 0 Å². The third kappa shape index (κ3) is 2.99. The summed E-state index contributed by atoms with van der Waals surface area (Å²) < 4.78 is 5.05. The molecule has 2 nitrogen and oxygen atoms in total. The molecule has 18 heavy (non-hydrogen) atoms. The summed E-state index contributed by atoms with van der Waals surface area (Å²) >= 11 is 0. The summed E-state index contributed by atoms with van der Waals surface area (Å²) in [5.41, 5.74) is 2.78. The van der Waals surface area contributed by atoms with Gasteiger partial charge in [-0.15, -0.1) is 0 Å². The molecule has 0 saturated carbocycles. The Kier molecular flexibility index (Phi) is 4.54. The standard InChI is InChI=1S/C16H22O2/c1-12(9-10-18-2)16(17)15-8-7-13-5-3-4-6-14(13)11-15/h3-6,12,15H,7-11H2,1-2H3. The van der Waals surface area contributed by atoms with Crippen LogP contribution in [0.3, 0.4) is 0 Å². The van der Waals surface area contributed by atoms with E-state index in [1.54, 1.807) is 7.11 Å². The number of carbonyl (C=O) groups excluding carboxylic acids is 1. The minimum atomic E-state index is 0.125. The van der Waals surface area contributed by atoms with Crippen LogP contribution in [0, 0.1) is 11.8 Å². The summed E-state index contributed by atoms with van der Waals surface area (Å²) in [6.07, 6.45) is 3.82. The fourth-order valence-electron chi connectivity index (χ4n) is 2.78. The van der Waals surface area contributed by atoms with Crippen molar-refractivity contribution in [2.75, 3.05) is 13.7 Å². The summed E-state index contributed by atoms with van der Waals surface area (Å²) in [7, 11) is 1.69. The van der Waals surface area contributed by atoms with Crippen molar-refractivity contribution >= 4 is 5.78 Å². The first-order valence-corrected chi connectivity index (χ1v) is 6.81. The van der Waals surface area contributed by atoms with E-state index in [4.69, 9.17) is 4.74 Å². The van der Waals surface area contributed by atoms with E-state index in [1.165, 1.54) is 11.1 Å². The zero-order valence-electron chi connectivity index (χ0n) is 11.3. The Morgan fingerprint density at radius 2 is 2.11 bits per heavy atom. The maximum absolute atomic E-state index is 12.4. The average Bonchev–Trinajstić information content (AvgIpc) is 2.43. The first-order chi connectivity index (χ1) is 8.72. The van der Waals surface area contributed by atoms with E-state index in [2.05, 4.69) is 24.3 Å². The highest BCUT2D eigenvalue weighted by molar-refractivity contribution is 5.83. The molecule has 0 heterocycles. The lowest BCUT2D eigenvalue weighted by molar-refractivity contribution is -0.127. The van der Waals surface area contributed by atoms with Gasteiger partial charge in [0.1, 0.15) is 5.78 Å². The largest absolute Gasteiger partial charge is 0.385 e. The van der Waals surface area contributed by atoms with Gasteiger partial charge < -0.3 is 4.74 Å². The van der Waals surface area contributed by atoms with Gasteiger partial charge in [0.2, 0.25) is 0 Å². The van der Waals surface area contributed by atoms with Crippen LogP contribution < -0.4 is 0 Å². The van der Waals surface area contributed by atoms with Crippen LogP contribution >= 0.6 is 0 Å². The Hall–Kier alpha value is -1.15. The summed E-state index contributed by atoms with van der Waals surface area (Å²) in [5, 5.41) is 0. The number of fused-ring (bicyclic) bond motifs is 1. The number of ketones is 1. The monoisotopic (exact) mass is 246 g/mol. The van der Waals surface area contributed by atoms with Crippen molar-refractivity contribution < 1.29 is 9.53 Å². The van der Waals surface area contributed by atoms with E-state index in [0.29, 0.717) is 12.4 Å². The van der Waals surface area contributed by atoms with Crippen LogP contribution in [-0.2, 0) is 22.4 Å². The molecule has 1 aliphatic rings. The minimum absolute atomic E-state index is 0.125. The number of ether oxygens (including phenoxy) is 1. The van der Waals surface area contributed by atoms with Crippen molar-refractivity contribution in [3.05, 3.63) is 35.4 Å². The summed E-state index contributed by atoms with van der Waals surface area (Å²) in [6.45, 7) is 2.71. The van der Waals surface area contributed by atoms with Gasteiger partial charge in [0.05, 0.1) is 0 Å². The normalized spacial score (nSPS) is 20.2. The summed E-state index contributed by atoms with van der Waals surface area (Å²) in [6, 6.07) is 8.50. The fraction of sp³-hybridized carbons (Fsp3) is 0.562. The number of carbonyl (C=O) groups is 1. The van der Waals surface area contributed by atoms with E-state index in [9.17, 15) is 4.79 Å². The lowest BCUT2D eigenvalue weighted by Gasteiger charge is -2.25. The highest BCUT2D eigenvalue weighted by Crippen LogP contribution is 2.28. The first-order valence-electron chi connectivity index (χ1n) is 6.81. The molecule has 2 heteroatoms. The highest BCUT2D eigenvalue weighted by atomic mass is 16.5. The molecule has 0 amide bonds. The zero-order chi connectivity index (χ0) is 13.0. The lowest BCUT2D eigenvalue weighted by atomic mass is 9.78. The predicted molar refractivity (Wildman–Crippen MR) is 72.6 cm³/mol. The van der Waals surface area contributed by atoms with Crippen molar-refractivity contribution in [2.45, 2.75) is 32.6 Å². The van der Waals surface area contributed by atoms with Gasteiger partial charge in [0.25, 0.3) is 0 Å². The van der Waals surface area contributed by atoms with Gasteiger partial charge in [-0.05, 0) is 36.8 Å². The van der Waals surface area contributed by atoms with Gasteiger partial charge >= 0.3 is 0 Å². The molecule has 1 aliphatic carbocycles. The van der Waals surface area contributed by atoms with Crippen molar-refractivity contribution in [2.24, 2.45) is 11.8 Å². The molecule has 0 aromatic heterocycles. The van der Waals surface area contributed by atoms with Crippen molar-refractivity contribution in [3.63, 3.8) is 0 Å². The van der Waals surface area contributed by atoms with Gasteiger partial charge in [-0.25, -0.2) is 0 Å². The fourth-order valence-corrected chi connectivity index (χ4v) is 2.78. The van der Waals surface area contributed by atoms with Gasteiger partial charge in [-0.2, -0.15) is 0 Å². The number of hydrogen-bond donors (Lipinski definition) is 0. The van der Waals surface area contributed by atoms with Crippen molar-refractivity contribution in [1.82, 2.24) is 0 Å². The number of hydrogen-bond acceptors (Lipinski definition) is 2. The molecule has 2 rings (SSSR count). The quantitative estimate of drug-likeness (QED) is 0.798. The zero-order valence-corrected chi connectivity index (χ0v) is 11.3. The molecule has 0 N–H and O–H groups in total. The van der Waals surface area contributed by atoms with Crippen LogP contribution in [0.2, 0.25) is 0 Å². The van der Waals surface area contributed by atoms with Crippen LogP contribution in [0.15, 0.2) is 24.3 Å². The van der Waals surface area contributed by atoms with Crippen molar-refractivity contribution in [3.8, 4) is 0 Å². The Morgan fingerprint density at radius 3 is 2.83 bits per heavy atom. The Labute approximate surface area is 109 Å². The highest BCUT2D eigenvalue weighted by Gasteiger charge is 2.27. The molecule has 0 aliphatic heterocycles. The number of methoxy groups -OCH3 is 1. The van der Waals surface area contributed by atoms with Gasteiger partial charge in [0, 0.05) is 25.6 Å². The number of benzene rings is 1. The molecule has 0 spiro atoms. The number of aryl methyl sites for hydroxylation is 1. The van der Waals surface area contributed by atoms with Crippen molar-refractivity contribution in [1.29, 1.82) is 0 Å². The molecule has 1 aromatic carbocycles. The maximum Gasteiger partial charge on any atom is 0.139 e. The Balaban J connectivity index is 1.98. The molecular formula is C16H22O2. The SMILES string of the molecule is COCCC(C)C(=O)C1CCc2ccccc2C1. The first kappa shape index (κ1) is 13.3. The molecule has 0 bridgehead atoms. The van der Waals surface area contributed by atoms with E-state index < -0.39 is 0 Å². The molecule has 0 saturated heterocycles. The Morgan fingerprint density at radius 1 is 1.39 bits per heavy atom. The molecular weight excluding hydrogens is 224 g/mol. The predicted octanol–water partition coefficient (Wildman–Crippen LogP) is 3.03. The Bertz CT molecular complexity index is 411. The molecule has 2 atom stereocenters. The lowest BCUT2D eigenvalue weighted by Crippen LogP contribution is -2.27. The van der Waals surface area contributed by atoms with E-state index in [1.807, 2.05) is 6.92 Å². The minimum Gasteiger partial charge on any atom is -0.385 e. The van der Waals surface area contributed by atoms with E-state index in [-0.39, 0.29) is 11.8 Å². The third-order valence-electron chi connectivity index (χ3n) is 3.99. The molecule has 1 aromatic rings. The van der Waals surface area contributed by atoms with Gasteiger partial charge in [-0.1, -0.05) is 31.2 Å². The summed E-state index contributed by atoms with van der Waals surface area (Å²) in [5.74, 6) is 0.758. The van der Waals surface area contributed by atoms with Crippen LogP contribution in [-0.4, -0.2) is 19.5 Å². The number of rotatable bonds is 5. The third-order valence-corrected chi connectivity index (χ3v) is 3.99. The smallest absolute Gasteiger partial charge is 0.139 e. The number of Topliss-reactive ketones (excluding diaryl/α,β-unsaturated/α-hetero) is 1. The maximum atomic E-state index is 12.4. The van der Waals surface area contributed by atoms with Crippen LogP contribution in [0.1, 0.15) is 30.9 Å². The van der Waals surface area contributed by atoms with E-state index in [0.717, 1.165) is 25.7 Å². The molecule has 0 fully saturated rings. The average molecular weight is 246 g/mol. The second-order valence-corrected chi connectivity index (χ2v) is 5.29. The van der Waals surface area contributed by atoms with Crippen LogP contribution in [0.25, 0.3) is 0 Å². The molecule has 2 unspecified atom stereocenters. The second-order valence-electron chi connectivity index (χ2n) is 5.29.